The van der Waals surface area contributed by atoms with Crippen LogP contribution in [-0.4, -0.2) is 67.5 Å². The Labute approximate surface area is 173 Å². The number of H-pyrrole nitrogens is 1. The standard InChI is InChI=1S/C18H24N6O4S/c1-9-5-13(29)15(17(27)23-16(26)12-3-2-4-14(25)22-12)24(9)18(28)11(19)6-10-7-20-8-21-10/h7-9,11-12,15H,2-6,19H2,1H3,(H,20,21)(H,22,25)(H,23,26,27)/t9-,11+,12?,15+/m1/s1. The van der Waals surface area contributed by atoms with Gasteiger partial charge in [-0.25, -0.2) is 4.98 Å². The maximum absolute atomic E-state index is 13.0. The van der Waals surface area contributed by atoms with Gasteiger partial charge in [0.15, 0.2) is 0 Å². The first kappa shape index (κ1) is 21.1. The molecule has 4 atom stereocenters. The lowest BCUT2D eigenvalue weighted by atomic mass is 10.0. The molecule has 3 heterocycles. The molecule has 2 aliphatic heterocycles. The quantitative estimate of drug-likeness (QED) is 0.351. The maximum Gasteiger partial charge on any atom is 0.254 e. The van der Waals surface area contributed by atoms with Crippen molar-refractivity contribution in [1.82, 2.24) is 25.5 Å². The van der Waals surface area contributed by atoms with Crippen molar-refractivity contribution in [2.24, 2.45) is 5.73 Å². The second-order valence-corrected chi connectivity index (χ2v) is 7.95. The van der Waals surface area contributed by atoms with Gasteiger partial charge in [0.05, 0.1) is 12.4 Å². The summed E-state index contributed by atoms with van der Waals surface area (Å²) in [5.41, 5.74) is 6.76. The van der Waals surface area contributed by atoms with Crippen LogP contribution in [0.25, 0.3) is 0 Å². The van der Waals surface area contributed by atoms with Gasteiger partial charge in [-0.1, -0.05) is 12.2 Å². The zero-order chi connectivity index (χ0) is 21.1. The van der Waals surface area contributed by atoms with E-state index in [4.69, 9.17) is 18.0 Å². The first-order chi connectivity index (χ1) is 13.8. The van der Waals surface area contributed by atoms with Gasteiger partial charge in [-0.05, 0) is 19.8 Å². The van der Waals surface area contributed by atoms with Crippen LogP contribution in [0.1, 0.15) is 38.3 Å². The van der Waals surface area contributed by atoms with E-state index in [0.29, 0.717) is 36.2 Å². The van der Waals surface area contributed by atoms with E-state index in [1.807, 2.05) is 0 Å². The average molecular weight is 420 g/mol. The number of thiocarbonyl (C=S) groups is 1. The number of imide groups is 1. The summed E-state index contributed by atoms with van der Waals surface area (Å²) in [5.74, 6) is -1.92. The third-order valence-electron chi connectivity index (χ3n) is 5.16. The van der Waals surface area contributed by atoms with Gasteiger partial charge in [0, 0.05) is 42.1 Å². The van der Waals surface area contributed by atoms with Crippen molar-refractivity contribution in [3.05, 3.63) is 18.2 Å². The number of carbonyl (C=O) groups is 4. The summed E-state index contributed by atoms with van der Waals surface area (Å²) in [7, 11) is 0. The first-order valence-electron chi connectivity index (χ1n) is 9.49. The number of nitrogens with zero attached hydrogens (tertiary/aromatic N) is 2. The minimum atomic E-state index is -1.05. The lowest BCUT2D eigenvalue weighted by molar-refractivity contribution is -0.142. The Morgan fingerprint density at radius 1 is 1.41 bits per heavy atom. The molecule has 156 valence electrons. The zero-order valence-corrected chi connectivity index (χ0v) is 16.8. The molecular weight excluding hydrogens is 396 g/mol. The summed E-state index contributed by atoms with van der Waals surface area (Å²) >= 11 is 5.33. The van der Waals surface area contributed by atoms with Crippen molar-refractivity contribution in [2.45, 2.75) is 63.2 Å². The third-order valence-corrected chi connectivity index (χ3v) is 5.55. The van der Waals surface area contributed by atoms with Crippen molar-refractivity contribution in [2.75, 3.05) is 0 Å². The van der Waals surface area contributed by atoms with Crippen LogP contribution in [0.2, 0.25) is 0 Å². The SMILES string of the molecule is C[C@@H]1CC(=S)[C@@H](C(=O)NC(=O)C2CCCC(=O)N2)N1C(=O)[C@@H](N)Cc1cnc[nH]1. The number of aromatic amines is 1. The summed E-state index contributed by atoms with van der Waals surface area (Å²) in [4.78, 5) is 58.2. The van der Waals surface area contributed by atoms with Gasteiger partial charge in [0.2, 0.25) is 17.7 Å². The Hall–Kier alpha value is -2.66. The van der Waals surface area contributed by atoms with Crippen LogP contribution in [0, 0.1) is 0 Å². The van der Waals surface area contributed by atoms with Gasteiger partial charge in [-0.3, -0.25) is 24.5 Å². The molecule has 2 saturated heterocycles. The smallest absolute Gasteiger partial charge is 0.254 e. The number of nitrogens with one attached hydrogen (secondary N) is 3. The Morgan fingerprint density at radius 2 is 2.17 bits per heavy atom. The van der Waals surface area contributed by atoms with Crippen molar-refractivity contribution >= 4 is 40.7 Å². The molecule has 0 radical (unpaired) electrons. The molecule has 3 rings (SSSR count). The minimum absolute atomic E-state index is 0.226. The van der Waals surface area contributed by atoms with Gasteiger partial charge in [0.1, 0.15) is 12.1 Å². The highest BCUT2D eigenvalue weighted by atomic mass is 32.1. The normalized spacial score (nSPS) is 25.4. The van der Waals surface area contributed by atoms with Crippen molar-refractivity contribution in [1.29, 1.82) is 0 Å². The van der Waals surface area contributed by atoms with Crippen LogP contribution >= 0.6 is 12.2 Å². The Kier molecular flexibility index (Phi) is 6.38. The number of carbonyl (C=O) groups excluding carboxylic acids is 4. The molecule has 1 aromatic rings. The van der Waals surface area contributed by atoms with Gasteiger partial charge >= 0.3 is 0 Å². The van der Waals surface area contributed by atoms with Crippen LogP contribution in [0.15, 0.2) is 12.5 Å². The van der Waals surface area contributed by atoms with E-state index in [9.17, 15) is 19.2 Å². The second kappa shape index (κ2) is 8.78. The first-order valence-corrected chi connectivity index (χ1v) is 9.90. The van der Waals surface area contributed by atoms with Crippen molar-refractivity contribution in [3.63, 3.8) is 0 Å². The van der Waals surface area contributed by atoms with Gasteiger partial charge in [0.25, 0.3) is 5.91 Å². The molecule has 2 aliphatic rings. The highest BCUT2D eigenvalue weighted by Gasteiger charge is 2.44. The van der Waals surface area contributed by atoms with E-state index in [0.717, 1.165) is 0 Å². The predicted octanol–water partition coefficient (Wildman–Crippen LogP) is -1.05. The molecule has 2 fully saturated rings. The lowest BCUT2D eigenvalue weighted by Crippen LogP contribution is -2.58. The fourth-order valence-electron chi connectivity index (χ4n) is 3.72. The Morgan fingerprint density at radius 3 is 2.83 bits per heavy atom. The molecular formula is C18H24N6O4S. The molecule has 10 nitrogen and oxygen atoms in total. The number of rotatable bonds is 5. The molecule has 1 unspecified atom stereocenters. The Bertz CT molecular complexity index is 826. The van der Waals surface area contributed by atoms with E-state index >= 15 is 0 Å². The molecule has 1 aromatic heterocycles. The topological polar surface area (TPSA) is 150 Å². The highest BCUT2D eigenvalue weighted by molar-refractivity contribution is 7.80. The lowest BCUT2D eigenvalue weighted by Gasteiger charge is -2.30. The molecule has 11 heteroatoms. The van der Waals surface area contributed by atoms with Crippen LogP contribution < -0.4 is 16.4 Å². The molecule has 4 amide bonds. The molecule has 5 N–H and O–H groups in total. The second-order valence-electron chi connectivity index (χ2n) is 7.42. The Balaban J connectivity index is 1.69. The van der Waals surface area contributed by atoms with E-state index in [1.54, 1.807) is 13.1 Å². The summed E-state index contributed by atoms with van der Waals surface area (Å²) in [5, 5.41) is 4.86. The fraction of sp³-hybridized carbons (Fsp3) is 0.556. The summed E-state index contributed by atoms with van der Waals surface area (Å²) in [6.07, 6.45) is 5.05. The van der Waals surface area contributed by atoms with Gasteiger partial charge < -0.3 is 20.9 Å². The van der Waals surface area contributed by atoms with Crippen molar-refractivity contribution < 1.29 is 19.2 Å². The van der Waals surface area contributed by atoms with Crippen molar-refractivity contribution in [3.8, 4) is 0 Å². The molecule has 0 saturated carbocycles. The monoisotopic (exact) mass is 420 g/mol. The van der Waals surface area contributed by atoms with Crippen LogP contribution in [0.5, 0.6) is 0 Å². The van der Waals surface area contributed by atoms with E-state index in [2.05, 4.69) is 20.6 Å². The maximum atomic E-state index is 13.0. The van der Waals surface area contributed by atoms with E-state index in [1.165, 1.54) is 11.2 Å². The summed E-state index contributed by atoms with van der Waals surface area (Å²) in [6.45, 7) is 1.78. The molecule has 29 heavy (non-hydrogen) atoms. The highest BCUT2D eigenvalue weighted by Crippen LogP contribution is 2.24. The number of hydrogen-bond acceptors (Lipinski definition) is 7. The van der Waals surface area contributed by atoms with E-state index in [-0.39, 0.29) is 18.4 Å². The number of amides is 4. The molecule has 0 aliphatic carbocycles. The number of imidazole rings is 1. The minimum Gasteiger partial charge on any atom is -0.348 e. The van der Waals surface area contributed by atoms with Crippen LogP contribution in [0.4, 0.5) is 0 Å². The number of nitrogens with two attached hydrogens (primary N) is 1. The average Bonchev–Trinajstić information content (AvgIpc) is 3.27. The number of piperidine rings is 1. The molecule has 0 aromatic carbocycles. The summed E-state index contributed by atoms with van der Waals surface area (Å²) in [6, 6.07) is -3.02. The van der Waals surface area contributed by atoms with Gasteiger partial charge in [-0.15, -0.1) is 0 Å². The van der Waals surface area contributed by atoms with E-state index < -0.39 is 35.8 Å². The third kappa shape index (κ3) is 4.67. The largest absolute Gasteiger partial charge is 0.348 e. The fourth-order valence-corrected chi connectivity index (χ4v) is 4.18. The van der Waals surface area contributed by atoms with Gasteiger partial charge in [-0.2, -0.15) is 0 Å². The molecule has 0 spiro atoms. The number of aromatic nitrogens is 2. The number of likely N-dealkylation sites (tertiary alicyclic amines) is 1. The van der Waals surface area contributed by atoms with Crippen LogP contribution in [0.3, 0.4) is 0 Å². The van der Waals surface area contributed by atoms with Crippen LogP contribution in [-0.2, 0) is 25.6 Å². The molecule has 0 bridgehead atoms. The predicted molar refractivity (Wildman–Crippen MR) is 107 cm³/mol. The zero-order valence-electron chi connectivity index (χ0n) is 16.0. The number of hydrogen-bond donors (Lipinski definition) is 4. The summed E-state index contributed by atoms with van der Waals surface area (Å²) < 4.78 is 0.